The molecule has 0 radical (unpaired) electrons. The van der Waals surface area contributed by atoms with Crippen molar-refractivity contribution in [3.63, 3.8) is 0 Å². The normalized spacial score (nSPS) is 14.4. The van der Waals surface area contributed by atoms with Crippen LogP contribution in [0.2, 0.25) is 0 Å². The van der Waals surface area contributed by atoms with Gasteiger partial charge in [-0.2, -0.15) is 0 Å². The Bertz CT molecular complexity index is 584. The van der Waals surface area contributed by atoms with Gasteiger partial charge < -0.3 is 15.0 Å². The van der Waals surface area contributed by atoms with E-state index in [1.54, 1.807) is 11.3 Å². The quantitative estimate of drug-likeness (QED) is 0.857. The molecule has 0 fully saturated rings. The molecular weight excluding hydrogens is 282 g/mol. The molecule has 0 bridgehead atoms. The minimum absolute atomic E-state index is 0.768. The van der Waals surface area contributed by atoms with Gasteiger partial charge >= 0.3 is 0 Å². The van der Waals surface area contributed by atoms with E-state index in [1.807, 2.05) is 18.3 Å². The van der Waals surface area contributed by atoms with Gasteiger partial charge in [0, 0.05) is 24.2 Å². The van der Waals surface area contributed by atoms with Crippen LogP contribution in [0.5, 0.6) is 5.75 Å². The molecule has 0 unspecified atom stereocenters. The van der Waals surface area contributed by atoms with Gasteiger partial charge in [-0.1, -0.05) is 19.1 Å². The average molecular weight is 303 g/mol. The Labute approximate surface area is 129 Å². The molecule has 112 valence electrons. The maximum Gasteiger partial charge on any atom is 0.190 e. The van der Waals surface area contributed by atoms with Crippen molar-refractivity contribution in [1.29, 1.82) is 0 Å². The number of rotatable bonds is 5. The van der Waals surface area contributed by atoms with Crippen LogP contribution in [0.1, 0.15) is 24.6 Å². The third kappa shape index (κ3) is 3.36. The lowest BCUT2D eigenvalue weighted by atomic mass is 10.2. The van der Waals surface area contributed by atoms with Gasteiger partial charge in [-0.25, -0.2) is 4.98 Å². The SMILES string of the molecule is CCCNCc1cnc(N2CCCOc3ccccc32)s1. The van der Waals surface area contributed by atoms with Crippen molar-refractivity contribution < 1.29 is 4.74 Å². The summed E-state index contributed by atoms with van der Waals surface area (Å²) in [5.41, 5.74) is 1.12. The van der Waals surface area contributed by atoms with Crippen LogP contribution in [0.25, 0.3) is 0 Å². The van der Waals surface area contributed by atoms with Gasteiger partial charge in [-0.15, -0.1) is 11.3 Å². The van der Waals surface area contributed by atoms with Crippen LogP contribution in [0.4, 0.5) is 10.8 Å². The van der Waals surface area contributed by atoms with E-state index in [1.165, 1.54) is 4.88 Å². The van der Waals surface area contributed by atoms with Gasteiger partial charge in [0.05, 0.1) is 12.3 Å². The number of aromatic nitrogens is 1. The summed E-state index contributed by atoms with van der Waals surface area (Å²) in [5, 5.41) is 4.48. The lowest BCUT2D eigenvalue weighted by Crippen LogP contribution is -2.17. The first-order valence-corrected chi connectivity index (χ1v) is 8.35. The third-order valence-electron chi connectivity index (χ3n) is 3.44. The lowest BCUT2D eigenvalue weighted by molar-refractivity contribution is 0.322. The predicted molar refractivity (Wildman–Crippen MR) is 87.7 cm³/mol. The number of nitrogens with zero attached hydrogens (tertiary/aromatic N) is 2. The van der Waals surface area contributed by atoms with Gasteiger partial charge in [0.2, 0.25) is 0 Å². The van der Waals surface area contributed by atoms with E-state index in [0.717, 1.165) is 55.7 Å². The van der Waals surface area contributed by atoms with Gasteiger partial charge in [0.15, 0.2) is 5.13 Å². The zero-order chi connectivity index (χ0) is 14.5. The van der Waals surface area contributed by atoms with E-state index in [0.29, 0.717) is 0 Å². The fraction of sp³-hybridized carbons (Fsp3) is 0.438. The highest BCUT2D eigenvalue weighted by Gasteiger charge is 2.19. The first-order valence-electron chi connectivity index (χ1n) is 7.53. The largest absolute Gasteiger partial charge is 0.491 e. The fourth-order valence-electron chi connectivity index (χ4n) is 2.42. The molecular formula is C16H21N3OS. The Balaban J connectivity index is 1.80. The number of fused-ring (bicyclic) bond motifs is 1. The Hall–Kier alpha value is -1.59. The number of anilines is 2. The van der Waals surface area contributed by atoms with E-state index >= 15 is 0 Å². The fourth-order valence-corrected chi connectivity index (χ4v) is 3.34. The highest BCUT2D eigenvalue weighted by molar-refractivity contribution is 7.15. The smallest absolute Gasteiger partial charge is 0.190 e. The van der Waals surface area contributed by atoms with Gasteiger partial charge in [0.25, 0.3) is 0 Å². The van der Waals surface area contributed by atoms with Crippen LogP contribution >= 0.6 is 11.3 Å². The number of para-hydroxylation sites is 2. The standard InChI is InChI=1S/C16H21N3OS/c1-2-8-17-11-13-12-18-16(21-13)19-9-5-10-20-15-7-4-3-6-14(15)19/h3-4,6-7,12,17H,2,5,8-11H2,1H3. The summed E-state index contributed by atoms with van der Waals surface area (Å²) in [5.74, 6) is 0.954. The molecule has 2 aromatic rings. The molecule has 2 heterocycles. The summed E-state index contributed by atoms with van der Waals surface area (Å²) in [4.78, 5) is 8.16. The lowest BCUT2D eigenvalue weighted by Gasteiger charge is -2.20. The van der Waals surface area contributed by atoms with Crippen molar-refractivity contribution >= 4 is 22.2 Å². The van der Waals surface area contributed by atoms with Crippen LogP contribution in [0, 0.1) is 0 Å². The Morgan fingerprint density at radius 1 is 1.38 bits per heavy atom. The van der Waals surface area contributed by atoms with Crippen molar-refractivity contribution in [3.8, 4) is 5.75 Å². The molecule has 5 heteroatoms. The maximum atomic E-state index is 5.81. The van der Waals surface area contributed by atoms with Crippen LogP contribution < -0.4 is 15.0 Å². The molecule has 1 aromatic carbocycles. The molecule has 0 aliphatic carbocycles. The van der Waals surface area contributed by atoms with Crippen molar-refractivity contribution in [1.82, 2.24) is 10.3 Å². The van der Waals surface area contributed by atoms with Crippen molar-refractivity contribution in [3.05, 3.63) is 35.3 Å². The summed E-state index contributed by atoms with van der Waals surface area (Å²) < 4.78 is 5.81. The second-order valence-corrected chi connectivity index (χ2v) is 6.20. The molecule has 0 atom stereocenters. The third-order valence-corrected chi connectivity index (χ3v) is 4.46. The number of nitrogens with one attached hydrogen (secondary N) is 1. The van der Waals surface area contributed by atoms with Gasteiger partial charge in [-0.05, 0) is 31.5 Å². The topological polar surface area (TPSA) is 37.4 Å². The van der Waals surface area contributed by atoms with E-state index in [-0.39, 0.29) is 0 Å². The Morgan fingerprint density at radius 2 is 2.29 bits per heavy atom. The second kappa shape index (κ2) is 6.91. The first kappa shape index (κ1) is 14.4. The van der Waals surface area contributed by atoms with Crippen molar-refractivity contribution in [2.45, 2.75) is 26.3 Å². The van der Waals surface area contributed by atoms with Crippen LogP contribution in [-0.4, -0.2) is 24.7 Å². The number of thiazole rings is 1. The van der Waals surface area contributed by atoms with E-state index < -0.39 is 0 Å². The van der Waals surface area contributed by atoms with E-state index in [9.17, 15) is 0 Å². The molecule has 3 rings (SSSR count). The zero-order valence-electron chi connectivity index (χ0n) is 12.3. The molecule has 4 nitrogen and oxygen atoms in total. The highest BCUT2D eigenvalue weighted by atomic mass is 32.1. The van der Waals surface area contributed by atoms with E-state index in [4.69, 9.17) is 4.74 Å². The number of benzene rings is 1. The predicted octanol–water partition coefficient (Wildman–Crippen LogP) is 3.56. The second-order valence-electron chi connectivity index (χ2n) is 5.11. The monoisotopic (exact) mass is 303 g/mol. The number of ether oxygens (including phenoxy) is 1. The van der Waals surface area contributed by atoms with Crippen molar-refractivity contribution in [2.75, 3.05) is 24.6 Å². The minimum atomic E-state index is 0.768. The maximum absolute atomic E-state index is 5.81. The summed E-state index contributed by atoms with van der Waals surface area (Å²) >= 11 is 1.76. The molecule has 1 aromatic heterocycles. The molecule has 0 saturated heterocycles. The average Bonchev–Trinajstić information content (AvgIpc) is 2.87. The number of hydrogen-bond donors (Lipinski definition) is 1. The first-order chi connectivity index (χ1) is 10.4. The molecule has 1 N–H and O–H groups in total. The minimum Gasteiger partial charge on any atom is -0.491 e. The molecule has 0 spiro atoms. The van der Waals surface area contributed by atoms with E-state index in [2.05, 4.69) is 34.3 Å². The van der Waals surface area contributed by atoms with Crippen molar-refractivity contribution in [2.24, 2.45) is 0 Å². The molecule has 1 aliphatic heterocycles. The molecule has 21 heavy (non-hydrogen) atoms. The van der Waals surface area contributed by atoms with Crippen LogP contribution in [0.3, 0.4) is 0 Å². The molecule has 0 amide bonds. The number of hydrogen-bond acceptors (Lipinski definition) is 5. The Kier molecular flexibility index (Phi) is 4.72. The van der Waals surface area contributed by atoms with Gasteiger partial charge in [-0.3, -0.25) is 0 Å². The molecule has 0 saturated carbocycles. The van der Waals surface area contributed by atoms with Gasteiger partial charge in [0.1, 0.15) is 5.75 Å². The summed E-state index contributed by atoms with van der Waals surface area (Å²) in [6.45, 7) is 5.85. The summed E-state index contributed by atoms with van der Waals surface area (Å²) in [6, 6.07) is 8.21. The summed E-state index contributed by atoms with van der Waals surface area (Å²) in [6.07, 6.45) is 4.15. The summed E-state index contributed by atoms with van der Waals surface area (Å²) in [7, 11) is 0. The Morgan fingerprint density at radius 3 is 3.19 bits per heavy atom. The van der Waals surface area contributed by atoms with Crippen LogP contribution in [-0.2, 0) is 6.54 Å². The molecule has 1 aliphatic rings. The van der Waals surface area contributed by atoms with Crippen LogP contribution in [0.15, 0.2) is 30.5 Å². The zero-order valence-corrected chi connectivity index (χ0v) is 13.2. The highest BCUT2D eigenvalue weighted by Crippen LogP contribution is 2.37.